The lowest BCUT2D eigenvalue weighted by Crippen LogP contribution is -2.40. The summed E-state index contributed by atoms with van der Waals surface area (Å²) < 4.78 is 14.0. The first-order valence-corrected chi connectivity index (χ1v) is 13.8. The molecule has 0 N–H and O–H groups in total. The van der Waals surface area contributed by atoms with E-state index >= 15 is 0 Å². The molecule has 0 radical (unpaired) electrons. The van der Waals surface area contributed by atoms with Gasteiger partial charge >= 0.3 is 6.09 Å². The molecular formula is C25H38N2O4Si. The molecule has 1 aromatic heterocycles. The SMILES string of the molecule is C=CCN(C(=O)OC(C)(C)C)c1cc2c(cc1C=O)cc(CO[Si](C)(C)C(C)(C)C)n2C. The van der Waals surface area contributed by atoms with E-state index in [1.165, 1.54) is 4.90 Å². The second-order valence-corrected chi connectivity index (χ2v) is 15.5. The minimum absolute atomic E-state index is 0.119. The summed E-state index contributed by atoms with van der Waals surface area (Å²) in [5, 5.41) is 1.04. The van der Waals surface area contributed by atoms with Crippen LogP contribution >= 0.6 is 0 Å². The molecule has 1 heterocycles. The molecule has 1 aromatic carbocycles. The Bertz CT molecular complexity index is 1010. The molecule has 0 atom stereocenters. The number of aryl methyl sites for hydroxylation is 1. The molecule has 0 unspecified atom stereocenters. The number of anilines is 1. The van der Waals surface area contributed by atoms with Crippen LogP contribution in [0.2, 0.25) is 18.1 Å². The van der Waals surface area contributed by atoms with Crippen LogP contribution in [-0.4, -0.2) is 37.4 Å². The number of fused-ring (bicyclic) bond motifs is 1. The van der Waals surface area contributed by atoms with Crippen molar-refractivity contribution in [2.75, 3.05) is 11.4 Å². The smallest absolute Gasteiger partial charge is 0.415 e. The van der Waals surface area contributed by atoms with Gasteiger partial charge in [-0.2, -0.15) is 0 Å². The quantitative estimate of drug-likeness (QED) is 0.272. The molecule has 32 heavy (non-hydrogen) atoms. The number of benzene rings is 1. The van der Waals surface area contributed by atoms with Gasteiger partial charge in [-0.05, 0) is 57.1 Å². The van der Waals surface area contributed by atoms with Gasteiger partial charge < -0.3 is 13.7 Å². The lowest BCUT2D eigenvalue weighted by atomic mass is 10.1. The first-order valence-electron chi connectivity index (χ1n) is 10.9. The zero-order valence-electron chi connectivity index (χ0n) is 21.0. The Kier molecular flexibility index (Phi) is 7.47. The molecule has 2 aromatic rings. The highest BCUT2D eigenvalue weighted by atomic mass is 28.4. The van der Waals surface area contributed by atoms with E-state index in [4.69, 9.17) is 9.16 Å². The number of carbonyl (C=O) groups is 2. The van der Waals surface area contributed by atoms with Crippen molar-refractivity contribution in [1.82, 2.24) is 4.57 Å². The topological polar surface area (TPSA) is 60.8 Å². The van der Waals surface area contributed by atoms with Crippen LogP contribution in [0.15, 0.2) is 30.9 Å². The van der Waals surface area contributed by atoms with Gasteiger partial charge in [0.05, 0.1) is 17.8 Å². The fourth-order valence-electron chi connectivity index (χ4n) is 3.10. The number of carbonyl (C=O) groups excluding carboxylic acids is 2. The van der Waals surface area contributed by atoms with Crippen LogP contribution in [0.3, 0.4) is 0 Å². The van der Waals surface area contributed by atoms with Gasteiger partial charge in [0, 0.05) is 30.2 Å². The van der Waals surface area contributed by atoms with Crippen molar-refractivity contribution >= 4 is 37.3 Å². The maximum absolute atomic E-state index is 12.9. The number of ether oxygens (including phenoxy) is 1. The Hall–Kier alpha value is -2.38. The maximum Gasteiger partial charge on any atom is 0.415 e. The van der Waals surface area contributed by atoms with Crippen LogP contribution in [0.25, 0.3) is 10.9 Å². The minimum Gasteiger partial charge on any atom is -0.443 e. The monoisotopic (exact) mass is 458 g/mol. The average Bonchev–Trinajstić information content (AvgIpc) is 2.96. The number of amides is 1. The zero-order valence-corrected chi connectivity index (χ0v) is 22.0. The molecule has 7 heteroatoms. The van der Waals surface area contributed by atoms with E-state index in [0.29, 0.717) is 17.9 Å². The first kappa shape index (κ1) is 25.9. The summed E-state index contributed by atoms with van der Waals surface area (Å²) in [6.45, 7) is 21.0. The maximum atomic E-state index is 12.9. The van der Waals surface area contributed by atoms with Crippen LogP contribution in [0.1, 0.15) is 57.6 Å². The summed E-state index contributed by atoms with van der Waals surface area (Å²) >= 11 is 0. The Morgan fingerprint density at radius 1 is 1.16 bits per heavy atom. The predicted octanol–water partition coefficient (Wildman–Crippen LogP) is 6.44. The summed E-state index contributed by atoms with van der Waals surface area (Å²) in [7, 11) is 0.0699. The van der Waals surface area contributed by atoms with Crippen molar-refractivity contribution in [2.24, 2.45) is 7.05 Å². The fraction of sp³-hybridized carbons (Fsp3) is 0.520. The molecular weight excluding hydrogens is 420 g/mol. The van der Waals surface area contributed by atoms with E-state index < -0.39 is 20.0 Å². The largest absolute Gasteiger partial charge is 0.443 e. The molecule has 0 spiro atoms. The molecule has 0 saturated carbocycles. The second-order valence-electron chi connectivity index (χ2n) is 10.7. The van der Waals surface area contributed by atoms with E-state index in [9.17, 15) is 9.59 Å². The molecule has 0 fully saturated rings. The molecule has 176 valence electrons. The van der Waals surface area contributed by atoms with Crippen molar-refractivity contribution in [1.29, 1.82) is 0 Å². The summed E-state index contributed by atoms with van der Waals surface area (Å²) in [6, 6.07) is 5.72. The summed E-state index contributed by atoms with van der Waals surface area (Å²) in [6.07, 6.45) is 1.87. The van der Waals surface area contributed by atoms with Gasteiger partial charge in [0.25, 0.3) is 0 Å². The van der Waals surface area contributed by atoms with E-state index in [2.05, 4.69) is 45.0 Å². The standard InChI is InChI=1S/C25H38N2O4Si/c1-11-12-27(23(29)31-24(2,3)4)22-15-21-18(13-19(22)16-28)14-20(26(21)8)17-30-32(9,10)25(5,6)7/h11,13-16H,1,12,17H2,2-10H3. The minimum atomic E-state index is -1.90. The summed E-state index contributed by atoms with van der Waals surface area (Å²) in [5.74, 6) is 0. The van der Waals surface area contributed by atoms with Crippen molar-refractivity contribution in [3.05, 3.63) is 42.1 Å². The van der Waals surface area contributed by atoms with Gasteiger partial charge in [0.15, 0.2) is 14.6 Å². The van der Waals surface area contributed by atoms with E-state index in [0.717, 1.165) is 22.9 Å². The highest BCUT2D eigenvalue weighted by Crippen LogP contribution is 2.37. The van der Waals surface area contributed by atoms with Gasteiger partial charge in [-0.3, -0.25) is 9.69 Å². The predicted molar refractivity (Wildman–Crippen MR) is 134 cm³/mol. The average molecular weight is 459 g/mol. The van der Waals surface area contributed by atoms with Crippen LogP contribution < -0.4 is 4.90 Å². The molecule has 0 aliphatic carbocycles. The van der Waals surface area contributed by atoms with Gasteiger partial charge in [0.1, 0.15) is 5.60 Å². The van der Waals surface area contributed by atoms with Crippen molar-refractivity contribution in [3.8, 4) is 0 Å². The Balaban J connectivity index is 2.50. The molecule has 2 rings (SSSR count). The first-order chi connectivity index (χ1) is 14.6. The number of nitrogens with zero attached hydrogens (tertiary/aromatic N) is 2. The van der Waals surface area contributed by atoms with Crippen LogP contribution in [0.4, 0.5) is 10.5 Å². The van der Waals surface area contributed by atoms with Crippen LogP contribution in [0.5, 0.6) is 0 Å². The van der Waals surface area contributed by atoms with E-state index in [1.54, 1.807) is 6.08 Å². The fourth-order valence-corrected chi connectivity index (χ4v) is 4.05. The normalized spacial score (nSPS) is 12.7. The number of hydrogen-bond donors (Lipinski definition) is 0. The number of aldehydes is 1. The molecule has 0 aliphatic rings. The zero-order chi connectivity index (χ0) is 24.5. The summed E-state index contributed by atoms with van der Waals surface area (Å²) in [4.78, 5) is 26.2. The number of hydrogen-bond acceptors (Lipinski definition) is 4. The van der Waals surface area contributed by atoms with Crippen molar-refractivity contribution < 1.29 is 18.8 Å². The van der Waals surface area contributed by atoms with E-state index in [1.807, 2.05) is 46.0 Å². The molecule has 1 amide bonds. The molecule has 0 bridgehead atoms. The summed E-state index contributed by atoms with van der Waals surface area (Å²) in [5.41, 5.74) is 2.21. The third-order valence-corrected chi connectivity index (χ3v) is 10.5. The Labute approximate surface area is 193 Å². The van der Waals surface area contributed by atoms with Gasteiger partial charge in [0.2, 0.25) is 0 Å². The highest BCUT2D eigenvalue weighted by Gasteiger charge is 2.37. The number of aromatic nitrogens is 1. The Morgan fingerprint density at radius 3 is 2.28 bits per heavy atom. The van der Waals surface area contributed by atoms with E-state index in [-0.39, 0.29) is 11.6 Å². The molecule has 6 nitrogen and oxygen atoms in total. The number of rotatable bonds is 7. The third-order valence-electron chi connectivity index (χ3n) is 6.02. The molecule has 0 aliphatic heterocycles. The van der Waals surface area contributed by atoms with Crippen LogP contribution in [0, 0.1) is 0 Å². The van der Waals surface area contributed by atoms with Gasteiger partial charge in [-0.15, -0.1) is 6.58 Å². The van der Waals surface area contributed by atoms with Gasteiger partial charge in [-0.1, -0.05) is 26.8 Å². The van der Waals surface area contributed by atoms with Crippen molar-refractivity contribution in [3.63, 3.8) is 0 Å². The Morgan fingerprint density at radius 2 is 1.78 bits per heavy atom. The third kappa shape index (κ3) is 5.69. The van der Waals surface area contributed by atoms with Crippen LogP contribution in [-0.2, 0) is 22.8 Å². The molecule has 0 saturated heterocycles. The highest BCUT2D eigenvalue weighted by molar-refractivity contribution is 6.74. The van der Waals surface area contributed by atoms with Gasteiger partial charge in [-0.25, -0.2) is 4.79 Å². The lowest BCUT2D eigenvalue weighted by molar-refractivity contribution is 0.0584. The second kappa shape index (κ2) is 9.23. The van der Waals surface area contributed by atoms with Crippen molar-refractivity contribution in [2.45, 2.75) is 71.9 Å². The lowest BCUT2D eigenvalue weighted by Gasteiger charge is -2.36.